The zero-order valence-electron chi connectivity index (χ0n) is 17.9. The lowest BCUT2D eigenvalue weighted by molar-refractivity contribution is -0.142. The van der Waals surface area contributed by atoms with Gasteiger partial charge in [0.15, 0.2) is 6.61 Å². The van der Waals surface area contributed by atoms with Crippen LogP contribution in [-0.2, 0) is 14.3 Å². The summed E-state index contributed by atoms with van der Waals surface area (Å²) in [5, 5.41) is 2.74. The van der Waals surface area contributed by atoms with Gasteiger partial charge in [-0.05, 0) is 67.8 Å². The van der Waals surface area contributed by atoms with Gasteiger partial charge in [0.1, 0.15) is 11.5 Å². The lowest BCUT2D eigenvalue weighted by Crippen LogP contribution is -2.29. The molecule has 0 aromatic heterocycles. The molecule has 1 amide bonds. The summed E-state index contributed by atoms with van der Waals surface area (Å²) in [4.78, 5) is 26.4. The second kappa shape index (κ2) is 11.1. The zero-order chi connectivity index (χ0) is 22.1. The molecule has 0 unspecified atom stereocenters. The van der Waals surface area contributed by atoms with E-state index in [-0.39, 0.29) is 6.61 Å². The van der Waals surface area contributed by atoms with Crippen molar-refractivity contribution in [2.45, 2.75) is 19.3 Å². The number of carbonyl (C=O) groups is 2. The smallest absolute Gasteiger partial charge is 0.331 e. The minimum absolute atomic E-state index is 0.369. The maximum atomic E-state index is 12.1. The number of nitrogens with one attached hydrogen (secondary N) is 1. The van der Waals surface area contributed by atoms with E-state index in [2.05, 4.69) is 10.2 Å². The van der Waals surface area contributed by atoms with Crippen LogP contribution < -0.4 is 19.7 Å². The molecule has 31 heavy (non-hydrogen) atoms. The first-order valence-electron chi connectivity index (χ1n) is 10.3. The van der Waals surface area contributed by atoms with Gasteiger partial charge in [-0.15, -0.1) is 0 Å². The fraction of sp³-hybridized carbons (Fsp3) is 0.333. The number of piperidine rings is 1. The SMILES string of the molecule is COc1ccc(OC)c(/C=C/C(=O)OCC(=O)Nc2ccc(N3CCCCC3)cc2)c1. The number of rotatable bonds is 8. The molecule has 7 heteroatoms. The third-order valence-corrected chi connectivity index (χ3v) is 5.05. The van der Waals surface area contributed by atoms with E-state index in [1.54, 1.807) is 38.5 Å². The first kappa shape index (κ1) is 22.2. The fourth-order valence-electron chi connectivity index (χ4n) is 3.42. The van der Waals surface area contributed by atoms with Crippen molar-refractivity contribution in [3.63, 3.8) is 0 Å². The molecule has 1 fully saturated rings. The van der Waals surface area contributed by atoms with Crippen LogP contribution in [-0.4, -0.2) is 45.8 Å². The van der Waals surface area contributed by atoms with Crippen molar-refractivity contribution >= 4 is 29.3 Å². The van der Waals surface area contributed by atoms with Crippen molar-refractivity contribution in [2.24, 2.45) is 0 Å². The normalized spacial score (nSPS) is 13.7. The standard InChI is InChI=1S/C24H28N2O5/c1-29-21-11-12-22(30-2)18(16-21)6-13-24(28)31-17-23(27)25-19-7-9-20(10-8-19)26-14-4-3-5-15-26/h6-13,16H,3-5,14-15,17H2,1-2H3,(H,25,27)/b13-6+. The van der Waals surface area contributed by atoms with Crippen molar-refractivity contribution in [3.8, 4) is 11.5 Å². The van der Waals surface area contributed by atoms with Crippen LogP contribution >= 0.6 is 0 Å². The summed E-state index contributed by atoms with van der Waals surface area (Å²) in [7, 11) is 3.10. The molecule has 0 saturated carbocycles. The summed E-state index contributed by atoms with van der Waals surface area (Å²) < 4.78 is 15.5. The Kier molecular flexibility index (Phi) is 7.92. The summed E-state index contributed by atoms with van der Waals surface area (Å²) >= 11 is 0. The Balaban J connectivity index is 1.48. The van der Waals surface area contributed by atoms with Gasteiger partial charge in [0.25, 0.3) is 5.91 Å². The van der Waals surface area contributed by atoms with Gasteiger partial charge in [-0.25, -0.2) is 4.79 Å². The Morgan fingerprint density at radius 3 is 2.42 bits per heavy atom. The molecule has 1 saturated heterocycles. The summed E-state index contributed by atoms with van der Waals surface area (Å²) in [6, 6.07) is 13.0. The number of benzene rings is 2. The first-order valence-corrected chi connectivity index (χ1v) is 10.3. The highest BCUT2D eigenvalue weighted by Crippen LogP contribution is 2.25. The quantitative estimate of drug-likeness (QED) is 0.512. The van der Waals surface area contributed by atoms with Crippen LogP contribution in [0, 0.1) is 0 Å². The van der Waals surface area contributed by atoms with Crippen molar-refractivity contribution < 1.29 is 23.8 Å². The molecule has 1 aliphatic heterocycles. The molecular weight excluding hydrogens is 396 g/mol. The lowest BCUT2D eigenvalue weighted by atomic mass is 10.1. The van der Waals surface area contributed by atoms with Gasteiger partial charge < -0.3 is 24.4 Å². The molecule has 7 nitrogen and oxygen atoms in total. The lowest BCUT2D eigenvalue weighted by Gasteiger charge is -2.28. The summed E-state index contributed by atoms with van der Waals surface area (Å²) in [6.45, 7) is 1.76. The van der Waals surface area contributed by atoms with Crippen LogP contribution in [0.3, 0.4) is 0 Å². The Bertz CT molecular complexity index is 918. The van der Waals surface area contributed by atoms with E-state index >= 15 is 0 Å². The predicted molar refractivity (Wildman–Crippen MR) is 121 cm³/mol. The molecule has 1 N–H and O–H groups in total. The Morgan fingerprint density at radius 1 is 1.00 bits per heavy atom. The second-order valence-electron chi connectivity index (χ2n) is 7.19. The summed E-state index contributed by atoms with van der Waals surface area (Å²) in [5.41, 5.74) is 2.48. The van der Waals surface area contributed by atoms with E-state index in [9.17, 15) is 9.59 Å². The third kappa shape index (κ3) is 6.50. The van der Waals surface area contributed by atoms with E-state index in [1.807, 2.05) is 24.3 Å². The van der Waals surface area contributed by atoms with Gasteiger partial charge in [-0.2, -0.15) is 0 Å². The number of hydrogen-bond donors (Lipinski definition) is 1. The predicted octanol–water partition coefficient (Wildman–Crippen LogP) is 3.89. The number of nitrogens with zero attached hydrogens (tertiary/aromatic N) is 1. The van der Waals surface area contributed by atoms with E-state index in [0.717, 1.165) is 18.8 Å². The maximum Gasteiger partial charge on any atom is 0.331 e. The summed E-state index contributed by atoms with van der Waals surface area (Å²) in [5.74, 6) is 0.210. The number of ether oxygens (including phenoxy) is 3. The first-order chi connectivity index (χ1) is 15.1. The van der Waals surface area contributed by atoms with Crippen LogP contribution in [0.1, 0.15) is 24.8 Å². The van der Waals surface area contributed by atoms with Crippen LogP contribution in [0.15, 0.2) is 48.5 Å². The van der Waals surface area contributed by atoms with Crippen LogP contribution in [0.2, 0.25) is 0 Å². The molecule has 1 aliphatic rings. The molecule has 0 bridgehead atoms. The van der Waals surface area contributed by atoms with Gasteiger partial charge in [0.05, 0.1) is 14.2 Å². The number of anilines is 2. The van der Waals surface area contributed by atoms with Gasteiger partial charge in [0, 0.05) is 36.1 Å². The number of methoxy groups -OCH3 is 2. The number of carbonyl (C=O) groups excluding carboxylic acids is 2. The monoisotopic (exact) mass is 424 g/mol. The molecule has 1 heterocycles. The molecule has 0 radical (unpaired) electrons. The molecular formula is C24H28N2O5. The third-order valence-electron chi connectivity index (χ3n) is 5.05. The van der Waals surface area contributed by atoms with E-state index in [1.165, 1.54) is 25.3 Å². The van der Waals surface area contributed by atoms with Gasteiger partial charge >= 0.3 is 5.97 Å². The summed E-state index contributed by atoms with van der Waals surface area (Å²) in [6.07, 6.45) is 6.51. The Morgan fingerprint density at radius 2 is 1.74 bits per heavy atom. The van der Waals surface area contributed by atoms with Crippen LogP contribution in [0.4, 0.5) is 11.4 Å². The number of hydrogen-bond acceptors (Lipinski definition) is 6. The molecule has 3 rings (SSSR count). The largest absolute Gasteiger partial charge is 0.497 e. The zero-order valence-corrected chi connectivity index (χ0v) is 17.9. The molecule has 2 aromatic rings. The van der Waals surface area contributed by atoms with Crippen molar-refractivity contribution in [3.05, 3.63) is 54.1 Å². The van der Waals surface area contributed by atoms with E-state index in [4.69, 9.17) is 14.2 Å². The molecule has 0 atom stereocenters. The minimum Gasteiger partial charge on any atom is -0.497 e. The van der Waals surface area contributed by atoms with Crippen molar-refractivity contribution in [2.75, 3.05) is 44.1 Å². The second-order valence-corrected chi connectivity index (χ2v) is 7.19. The average Bonchev–Trinajstić information content (AvgIpc) is 2.82. The van der Waals surface area contributed by atoms with Gasteiger partial charge in [-0.1, -0.05) is 0 Å². The van der Waals surface area contributed by atoms with E-state index in [0.29, 0.717) is 22.7 Å². The average molecular weight is 424 g/mol. The number of amides is 1. The fourth-order valence-corrected chi connectivity index (χ4v) is 3.42. The maximum absolute atomic E-state index is 12.1. The topological polar surface area (TPSA) is 77.1 Å². The van der Waals surface area contributed by atoms with Crippen LogP contribution in [0.25, 0.3) is 6.08 Å². The van der Waals surface area contributed by atoms with Crippen molar-refractivity contribution in [1.29, 1.82) is 0 Å². The molecule has 2 aromatic carbocycles. The Labute approximate surface area is 182 Å². The van der Waals surface area contributed by atoms with Gasteiger partial charge in [0.2, 0.25) is 0 Å². The van der Waals surface area contributed by atoms with Crippen molar-refractivity contribution in [1.82, 2.24) is 0 Å². The highest BCUT2D eigenvalue weighted by Gasteiger charge is 2.11. The van der Waals surface area contributed by atoms with Gasteiger partial charge in [-0.3, -0.25) is 4.79 Å². The number of esters is 1. The minimum atomic E-state index is -0.625. The molecule has 0 aliphatic carbocycles. The highest BCUT2D eigenvalue weighted by molar-refractivity contribution is 5.94. The highest BCUT2D eigenvalue weighted by atomic mass is 16.5. The van der Waals surface area contributed by atoms with Crippen LogP contribution in [0.5, 0.6) is 11.5 Å². The van der Waals surface area contributed by atoms with E-state index < -0.39 is 11.9 Å². The Hall–Kier alpha value is -3.48. The molecule has 0 spiro atoms. The molecule has 164 valence electrons.